The van der Waals surface area contributed by atoms with E-state index in [1.807, 2.05) is 0 Å². The maximum absolute atomic E-state index is 13.3. The average molecular weight is 467 g/mol. The van der Waals surface area contributed by atoms with E-state index in [0.717, 1.165) is 0 Å². The van der Waals surface area contributed by atoms with Crippen molar-refractivity contribution in [3.8, 4) is 11.3 Å². The van der Waals surface area contributed by atoms with Crippen LogP contribution in [0.15, 0.2) is 59.9 Å². The SMILES string of the molecule is CC(C)N1CCN(S(=O)(=O)c2cccc(-c3cnc(N)c(C(=O)c4cccnc4)n3)c2)CC1. The molecule has 2 aromatic heterocycles. The fourth-order valence-electron chi connectivity index (χ4n) is 3.76. The van der Waals surface area contributed by atoms with E-state index >= 15 is 0 Å². The predicted molar refractivity (Wildman–Crippen MR) is 125 cm³/mol. The Morgan fingerprint density at radius 1 is 1.06 bits per heavy atom. The Hall–Kier alpha value is -3.21. The first-order valence-electron chi connectivity index (χ1n) is 10.7. The third-order valence-corrected chi connectivity index (χ3v) is 7.61. The molecule has 0 saturated carbocycles. The Balaban J connectivity index is 1.63. The minimum atomic E-state index is -3.66. The number of benzene rings is 1. The molecule has 33 heavy (non-hydrogen) atoms. The lowest BCUT2D eigenvalue weighted by Gasteiger charge is -2.36. The first-order chi connectivity index (χ1) is 15.8. The maximum atomic E-state index is 13.3. The van der Waals surface area contributed by atoms with Gasteiger partial charge in [0.05, 0.1) is 16.8 Å². The summed E-state index contributed by atoms with van der Waals surface area (Å²) in [7, 11) is -3.66. The monoisotopic (exact) mass is 466 g/mol. The van der Waals surface area contributed by atoms with E-state index in [4.69, 9.17) is 5.73 Å². The van der Waals surface area contributed by atoms with Crippen LogP contribution in [-0.2, 0) is 10.0 Å². The molecule has 4 rings (SSSR count). The van der Waals surface area contributed by atoms with Crippen molar-refractivity contribution in [2.45, 2.75) is 24.8 Å². The summed E-state index contributed by atoms with van der Waals surface area (Å²) in [6.45, 7) is 6.48. The zero-order valence-electron chi connectivity index (χ0n) is 18.5. The zero-order valence-corrected chi connectivity index (χ0v) is 19.4. The van der Waals surface area contributed by atoms with E-state index in [1.165, 1.54) is 16.7 Å². The normalized spacial score (nSPS) is 15.6. The summed E-state index contributed by atoms with van der Waals surface area (Å²) >= 11 is 0. The summed E-state index contributed by atoms with van der Waals surface area (Å²) in [5.74, 6) is -0.402. The molecule has 0 bridgehead atoms. The van der Waals surface area contributed by atoms with Gasteiger partial charge in [-0.05, 0) is 38.1 Å². The van der Waals surface area contributed by atoms with Crippen molar-refractivity contribution in [2.75, 3.05) is 31.9 Å². The highest BCUT2D eigenvalue weighted by Crippen LogP contribution is 2.25. The molecular weight excluding hydrogens is 440 g/mol. The maximum Gasteiger partial charge on any atom is 0.243 e. The van der Waals surface area contributed by atoms with Crippen LogP contribution in [0.4, 0.5) is 5.82 Å². The second-order valence-electron chi connectivity index (χ2n) is 8.12. The fourth-order valence-corrected chi connectivity index (χ4v) is 5.23. The fraction of sp³-hybridized carbons (Fsp3) is 0.304. The highest BCUT2D eigenvalue weighted by molar-refractivity contribution is 7.89. The van der Waals surface area contributed by atoms with Crippen LogP contribution in [0.5, 0.6) is 0 Å². The molecule has 0 radical (unpaired) electrons. The van der Waals surface area contributed by atoms with Crippen molar-refractivity contribution in [1.82, 2.24) is 24.2 Å². The zero-order chi connectivity index (χ0) is 23.6. The van der Waals surface area contributed by atoms with E-state index in [-0.39, 0.29) is 16.4 Å². The number of sulfonamides is 1. The van der Waals surface area contributed by atoms with Crippen molar-refractivity contribution < 1.29 is 13.2 Å². The van der Waals surface area contributed by atoms with Gasteiger partial charge in [0.15, 0.2) is 11.5 Å². The molecule has 2 N–H and O–H groups in total. The van der Waals surface area contributed by atoms with E-state index < -0.39 is 15.8 Å². The van der Waals surface area contributed by atoms with Crippen LogP contribution in [0.1, 0.15) is 29.9 Å². The van der Waals surface area contributed by atoms with Gasteiger partial charge in [0.25, 0.3) is 0 Å². The smallest absolute Gasteiger partial charge is 0.243 e. The molecule has 9 nitrogen and oxygen atoms in total. The lowest BCUT2D eigenvalue weighted by Crippen LogP contribution is -2.50. The molecular formula is C23H26N6O3S. The minimum Gasteiger partial charge on any atom is -0.382 e. The third kappa shape index (κ3) is 4.77. The number of rotatable bonds is 6. The lowest BCUT2D eigenvalue weighted by atomic mass is 10.1. The number of ketones is 1. The number of nitrogen functional groups attached to an aromatic ring is 1. The van der Waals surface area contributed by atoms with E-state index in [9.17, 15) is 13.2 Å². The topological polar surface area (TPSA) is 122 Å². The standard InChI is InChI=1S/C23H26N6O3S/c1-16(2)28-9-11-29(12-10-28)33(31,32)19-7-3-5-17(13-19)20-15-26-23(24)21(27-20)22(30)18-6-4-8-25-14-18/h3-8,13-16H,9-12H2,1-2H3,(H2,24,26). The second-order valence-corrected chi connectivity index (χ2v) is 10.1. The third-order valence-electron chi connectivity index (χ3n) is 5.71. The van der Waals surface area contributed by atoms with Crippen LogP contribution in [0.3, 0.4) is 0 Å². The van der Waals surface area contributed by atoms with Gasteiger partial charge in [0.2, 0.25) is 15.8 Å². The molecule has 1 aliphatic rings. The van der Waals surface area contributed by atoms with Gasteiger partial charge >= 0.3 is 0 Å². The second kappa shape index (κ2) is 9.34. The van der Waals surface area contributed by atoms with Crippen molar-refractivity contribution in [2.24, 2.45) is 0 Å². The molecule has 0 spiro atoms. The van der Waals surface area contributed by atoms with Crippen LogP contribution >= 0.6 is 0 Å². The molecule has 172 valence electrons. The molecule has 3 heterocycles. The number of hydrogen-bond donors (Lipinski definition) is 1. The highest BCUT2D eigenvalue weighted by atomic mass is 32.2. The number of aromatic nitrogens is 3. The number of pyridine rings is 1. The molecule has 0 unspecified atom stereocenters. The largest absolute Gasteiger partial charge is 0.382 e. The summed E-state index contributed by atoms with van der Waals surface area (Å²) in [5.41, 5.74) is 7.14. The summed E-state index contributed by atoms with van der Waals surface area (Å²) in [5, 5.41) is 0. The van der Waals surface area contributed by atoms with Gasteiger partial charge < -0.3 is 5.73 Å². The molecule has 1 aromatic carbocycles. The minimum absolute atomic E-state index is 0.000553. The number of nitrogens with zero attached hydrogens (tertiary/aromatic N) is 5. The number of nitrogens with two attached hydrogens (primary N) is 1. The molecule has 1 aliphatic heterocycles. The predicted octanol–water partition coefficient (Wildman–Crippen LogP) is 2.07. The molecule has 0 aliphatic carbocycles. The number of carbonyl (C=O) groups is 1. The highest BCUT2D eigenvalue weighted by Gasteiger charge is 2.29. The van der Waals surface area contributed by atoms with Gasteiger partial charge in [0, 0.05) is 55.7 Å². The summed E-state index contributed by atoms with van der Waals surface area (Å²) in [6, 6.07) is 10.2. The van der Waals surface area contributed by atoms with E-state index in [2.05, 4.69) is 33.7 Å². The van der Waals surface area contributed by atoms with E-state index in [1.54, 1.807) is 42.6 Å². The quantitative estimate of drug-likeness (QED) is 0.548. The van der Waals surface area contributed by atoms with Crippen molar-refractivity contribution in [1.29, 1.82) is 0 Å². The average Bonchev–Trinajstić information content (AvgIpc) is 2.84. The van der Waals surface area contributed by atoms with Crippen LogP contribution in [0, 0.1) is 0 Å². The Labute approximate surface area is 193 Å². The van der Waals surface area contributed by atoms with Gasteiger partial charge in [-0.3, -0.25) is 14.7 Å². The first-order valence-corrected chi connectivity index (χ1v) is 12.1. The van der Waals surface area contributed by atoms with Crippen LogP contribution < -0.4 is 5.73 Å². The van der Waals surface area contributed by atoms with Crippen LogP contribution in [0.25, 0.3) is 11.3 Å². The number of anilines is 1. The molecule has 0 amide bonds. The van der Waals surface area contributed by atoms with Crippen molar-refractivity contribution in [3.63, 3.8) is 0 Å². The molecule has 1 fully saturated rings. The number of piperazine rings is 1. The van der Waals surface area contributed by atoms with Gasteiger partial charge in [-0.1, -0.05) is 12.1 Å². The number of hydrogen-bond acceptors (Lipinski definition) is 8. The Kier molecular flexibility index (Phi) is 6.50. The molecule has 1 saturated heterocycles. The number of carbonyl (C=O) groups excluding carboxylic acids is 1. The van der Waals surface area contributed by atoms with Gasteiger partial charge in [0.1, 0.15) is 0 Å². The van der Waals surface area contributed by atoms with Crippen LogP contribution in [-0.4, -0.2) is 70.6 Å². The van der Waals surface area contributed by atoms with Gasteiger partial charge in [-0.2, -0.15) is 4.31 Å². The molecule has 10 heteroatoms. The van der Waals surface area contributed by atoms with Gasteiger partial charge in [-0.15, -0.1) is 0 Å². The lowest BCUT2D eigenvalue weighted by molar-refractivity contribution is 0.103. The van der Waals surface area contributed by atoms with Crippen molar-refractivity contribution >= 4 is 21.6 Å². The van der Waals surface area contributed by atoms with Crippen LogP contribution in [0.2, 0.25) is 0 Å². The van der Waals surface area contributed by atoms with Crippen molar-refractivity contribution in [3.05, 3.63) is 66.2 Å². The Bertz CT molecular complexity index is 1260. The summed E-state index contributed by atoms with van der Waals surface area (Å²) in [6.07, 6.45) is 4.43. The summed E-state index contributed by atoms with van der Waals surface area (Å²) < 4.78 is 28.0. The first kappa shape index (κ1) is 23.0. The summed E-state index contributed by atoms with van der Waals surface area (Å²) in [4.78, 5) is 27.7. The molecule has 3 aromatic rings. The van der Waals surface area contributed by atoms with E-state index in [0.29, 0.717) is 49.0 Å². The van der Waals surface area contributed by atoms with Gasteiger partial charge in [-0.25, -0.2) is 18.4 Å². The Morgan fingerprint density at radius 3 is 2.48 bits per heavy atom. The molecule has 0 atom stereocenters. The Morgan fingerprint density at radius 2 is 1.82 bits per heavy atom.